The van der Waals surface area contributed by atoms with Crippen LogP contribution >= 0.6 is 0 Å². The van der Waals surface area contributed by atoms with Crippen LogP contribution in [0.3, 0.4) is 0 Å². The third-order valence-electron chi connectivity index (χ3n) is 4.76. The van der Waals surface area contributed by atoms with Gasteiger partial charge >= 0.3 is 11.9 Å². The monoisotopic (exact) mass is 438 g/mol. The van der Waals surface area contributed by atoms with Crippen molar-refractivity contribution in [2.75, 3.05) is 0 Å². The van der Waals surface area contributed by atoms with Gasteiger partial charge in [-0.3, -0.25) is 9.59 Å². The number of carbonyl (C=O) groups excluding carboxylic acids is 4. The van der Waals surface area contributed by atoms with Gasteiger partial charge in [-0.25, -0.2) is 9.59 Å². The molecule has 0 bridgehead atoms. The highest BCUT2D eigenvalue weighted by Crippen LogP contribution is 2.28. The lowest BCUT2D eigenvalue weighted by atomic mass is 9.80. The lowest BCUT2D eigenvalue weighted by molar-refractivity contribution is -0.153. The van der Waals surface area contributed by atoms with Crippen molar-refractivity contribution in [1.29, 1.82) is 0 Å². The summed E-state index contributed by atoms with van der Waals surface area (Å²) in [5, 5.41) is 0. The average molecular weight is 439 g/mol. The van der Waals surface area contributed by atoms with Gasteiger partial charge in [-0.05, 0) is 24.3 Å². The molecule has 0 aliphatic rings. The van der Waals surface area contributed by atoms with Gasteiger partial charge in [-0.1, -0.05) is 77.9 Å². The molecule has 6 nitrogen and oxygen atoms in total. The van der Waals surface area contributed by atoms with Gasteiger partial charge in [0.15, 0.2) is 11.6 Å². The van der Waals surface area contributed by atoms with Crippen molar-refractivity contribution in [2.45, 2.75) is 53.8 Å². The van der Waals surface area contributed by atoms with Crippen LogP contribution in [0.5, 0.6) is 0 Å². The quantitative estimate of drug-likeness (QED) is 0.584. The van der Waals surface area contributed by atoms with Crippen molar-refractivity contribution in [3.8, 4) is 0 Å². The second-order valence-electron chi connectivity index (χ2n) is 9.61. The fraction of sp³-hybridized carbons (Fsp3) is 0.385. The lowest BCUT2D eigenvalue weighted by Gasteiger charge is -2.32. The van der Waals surface area contributed by atoms with Crippen LogP contribution < -0.4 is 0 Å². The summed E-state index contributed by atoms with van der Waals surface area (Å²) in [6.07, 6.45) is -3.19. The summed E-state index contributed by atoms with van der Waals surface area (Å²) < 4.78 is 11.1. The molecule has 0 amide bonds. The number of Topliss-reactive ketones (excluding diaryl/α,β-unsaturated/α-hetero) is 2. The Bertz CT molecular complexity index is 883. The zero-order valence-corrected chi connectivity index (χ0v) is 19.4. The molecule has 0 unspecified atom stereocenters. The Morgan fingerprint density at radius 1 is 0.562 bits per heavy atom. The Hall–Kier alpha value is -3.28. The Labute approximate surface area is 188 Å². The molecule has 2 aromatic carbocycles. The molecule has 2 rings (SSSR count). The van der Waals surface area contributed by atoms with Crippen LogP contribution in [-0.2, 0) is 19.1 Å². The Morgan fingerprint density at radius 3 is 1.09 bits per heavy atom. The lowest BCUT2D eigenvalue weighted by Crippen LogP contribution is -2.52. The first-order chi connectivity index (χ1) is 14.8. The van der Waals surface area contributed by atoms with E-state index in [1.807, 2.05) is 0 Å². The summed E-state index contributed by atoms with van der Waals surface area (Å²) in [5.74, 6) is -2.61. The zero-order chi connectivity index (χ0) is 24.1. The van der Waals surface area contributed by atoms with Gasteiger partial charge in [-0.2, -0.15) is 0 Å². The van der Waals surface area contributed by atoms with Gasteiger partial charge in [0.25, 0.3) is 0 Å². The van der Waals surface area contributed by atoms with E-state index >= 15 is 0 Å². The summed E-state index contributed by atoms with van der Waals surface area (Å²) in [4.78, 5) is 52.2. The van der Waals surface area contributed by atoms with Gasteiger partial charge in [0, 0.05) is 10.8 Å². The highest BCUT2D eigenvalue weighted by atomic mass is 16.6. The molecule has 0 spiro atoms. The van der Waals surface area contributed by atoms with E-state index in [2.05, 4.69) is 0 Å². The largest absolute Gasteiger partial charge is 0.446 e. The molecule has 2 aromatic rings. The van der Waals surface area contributed by atoms with Crippen LogP contribution in [0.25, 0.3) is 0 Å². The third kappa shape index (κ3) is 6.36. The van der Waals surface area contributed by atoms with E-state index < -0.39 is 46.5 Å². The Morgan fingerprint density at radius 2 is 0.844 bits per heavy atom. The van der Waals surface area contributed by atoms with E-state index in [1.54, 1.807) is 77.9 Å². The van der Waals surface area contributed by atoms with E-state index in [0.717, 1.165) is 0 Å². The standard InChI is InChI=1S/C26H30O6/c1-25(2,3)21(27)19(31-23(29)17-13-9-7-10-14-17)20(22(28)26(4,5)6)32-24(30)18-15-11-8-12-16-18/h7-16,19-20H,1-6H3/t19-,20-/m1/s1. The second-order valence-corrected chi connectivity index (χ2v) is 9.61. The maximum absolute atomic E-state index is 13.3. The zero-order valence-electron chi connectivity index (χ0n) is 19.4. The summed E-state index contributed by atoms with van der Waals surface area (Å²) >= 11 is 0. The second kappa shape index (κ2) is 9.90. The molecule has 0 heterocycles. The van der Waals surface area contributed by atoms with Crippen molar-refractivity contribution in [1.82, 2.24) is 0 Å². The molecule has 0 aromatic heterocycles. The number of ether oxygens (including phenoxy) is 2. The predicted molar refractivity (Wildman–Crippen MR) is 120 cm³/mol. The molecule has 32 heavy (non-hydrogen) atoms. The number of hydrogen-bond donors (Lipinski definition) is 0. The fourth-order valence-electron chi connectivity index (χ4n) is 2.87. The van der Waals surface area contributed by atoms with E-state index in [-0.39, 0.29) is 11.1 Å². The maximum atomic E-state index is 13.3. The smallest absolute Gasteiger partial charge is 0.338 e. The van der Waals surface area contributed by atoms with Crippen molar-refractivity contribution in [3.05, 3.63) is 71.8 Å². The minimum absolute atomic E-state index is 0.218. The van der Waals surface area contributed by atoms with Gasteiger partial charge < -0.3 is 9.47 Å². The molecule has 2 atom stereocenters. The van der Waals surface area contributed by atoms with Crippen LogP contribution in [0.1, 0.15) is 62.3 Å². The third-order valence-corrected chi connectivity index (χ3v) is 4.76. The highest BCUT2D eigenvalue weighted by molar-refractivity contribution is 6.01. The molecule has 0 saturated heterocycles. The SMILES string of the molecule is CC(C)(C)C(=O)[C@H](OC(=O)c1ccccc1)[C@@H](OC(=O)c1ccccc1)C(=O)C(C)(C)C. The van der Waals surface area contributed by atoms with Crippen LogP contribution in [0.15, 0.2) is 60.7 Å². The van der Waals surface area contributed by atoms with Crippen molar-refractivity contribution >= 4 is 23.5 Å². The van der Waals surface area contributed by atoms with E-state index in [1.165, 1.54) is 24.3 Å². The number of benzene rings is 2. The van der Waals surface area contributed by atoms with E-state index in [4.69, 9.17) is 9.47 Å². The van der Waals surface area contributed by atoms with Crippen LogP contribution in [0.2, 0.25) is 0 Å². The van der Waals surface area contributed by atoms with Gasteiger partial charge in [0.2, 0.25) is 12.2 Å². The van der Waals surface area contributed by atoms with Gasteiger partial charge in [-0.15, -0.1) is 0 Å². The Balaban J connectivity index is 2.49. The van der Waals surface area contributed by atoms with Crippen LogP contribution in [0, 0.1) is 10.8 Å². The topological polar surface area (TPSA) is 86.7 Å². The summed E-state index contributed by atoms with van der Waals surface area (Å²) in [6.45, 7) is 9.89. The molecule has 0 N–H and O–H groups in total. The first kappa shape index (κ1) is 25.0. The van der Waals surface area contributed by atoms with Crippen molar-refractivity contribution in [3.63, 3.8) is 0 Å². The minimum atomic E-state index is -1.60. The molecule has 0 aliphatic heterocycles. The van der Waals surface area contributed by atoms with Gasteiger partial charge in [0.1, 0.15) is 0 Å². The summed E-state index contributed by atoms with van der Waals surface area (Å²) in [6, 6.07) is 16.3. The van der Waals surface area contributed by atoms with Crippen LogP contribution in [-0.4, -0.2) is 35.7 Å². The Kier molecular flexibility index (Phi) is 7.73. The number of rotatable bonds is 7. The van der Waals surface area contributed by atoms with Gasteiger partial charge in [0.05, 0.1) is 11.1 Å². The average Bonchev–Trinajstić information content (AvgIpc) is 2.74. The minimum Gasteiger partial charge on any atom is -0.446 e. The molecular weight excluding hydrogens is 408 g/mol. The molecule has 6 heteroatoms. The summed E-state index contributed by atoms with van der Waals surface area (Å²) in [5.41, 5.74) is -1.49. The first-order valence-corrected chi connectivity index (χ1v) is 10.4. The molecule has 0 radical (unpaired) electrons. The number of hydrogen-bond acceptors (Lipinski definition) is 6. The number of esters is 2. The molecule has 0 aliphatic carbocycles. The van der Waals surface area contributed by atoms with E-state index in [9.17, 15) is 19.2 Å². The molecule has 0 fully saturated rings. The predicted octanol–water partition coefficient (Wildman–Crippen LogP) is 4.67. The summed E-state index contributed by atoms with van der Waals surface area (Å²) in [7, 11) is 0. The number of carbonyl (C=O) groups is 4. The molecular formula is C26H30O6. The van der Waals surface area contributed by atoms with Crippen molar-refractivity contribution < 1.29 is 28.7 Å². The normalized spacial score (nSPS) is 13.6. The fourth-order valence-corrected chi connectivity index (χ4v) is 2.87. The molecule has 170 valence electrons. The van der Waals surface area contributed by atoms with Crippen LogP contribution in [0.4, 0.5) is 0 Å². The molecule has 0 saturated carbocycles. The number of ketones is 2. The highest BCUT2D eigenvalue weighted by Gasteiger charge is 2.47. The first-order valence-electron chi connectivity index (χ1n) is 10.4. The maximum Gasteiger partial charge on any atom is 0.338 e. The van der Waals surface area contributed by atoms with Crippen molar-refractivity contribution in [2.24, 2.45) is 10.8 Å². The van der Waals surface area contributed by atoms with E-state index in [0.29, 0.717) is 0 Å².